The number of aromatic nitrogens is 2. The summed E-state index contributed by atoms with van der Waals surface area (Å²) < 4.78 is 10.2. The number of aryl methyl sites for hydroxylation is 1. The van der Waals surface area contributed by atoms with E-state index in [1.807, 2.05) is 17.5 Å². The number of carbonyl (C=O) groups excluding carboxylic acids is 2. The number of thioether (sulfide) groups is 1. The standard InChI is InChI=1S/C16H16N4O4S2/c1-10-5-13(20-24-10)19-15(22)9-25-8-14(21)17-6-11-7-23-16(18-11)12-3-2-4-26-12/h2-5,7H,6,8-9H2,1H3,(H,17,21)(H,19,20,22). The average Bonchev–Trinajstić information content (AvgIpc) is 3.34. The summed E-state index contributed by atoms with van der Waals surface area (Å²) in [6.45, 7) is 2.01. The zero-order valence-corrected chi connectivity index (χ0v) is 15.5. The molecule has 8 nitrogen and oxygen atoms in total. The van der Waals surface area contributed by atoms with Crippen molar-refractivity contribution in [2.24, 2.45) is 0 Å². The van der Waals surface area contributed by atoms with Crippen LogP contribution in [0, 0.1) is 6.92 Å². The molecule has 0 unspecified atom stereocenters. The van der Waals surface area contributed by atoms with Crippen molar-refractivity contribution < 1.29 is 18.5 Å². The van der Waals surface area contributed by atoms with Gasteiger partial charge in [-0.2, -0.15) is 0 Å². The summed E-state index contributed by atoms with van der Waals surface area (Å²) in [6, 6.07) is 5.46. The third-order valence-electron chi connectivity index (χ3n) is 3.11. The molecule has 0 spiro atoms. The van der Waals surface area contributed by atoms with Crippen LogP contribution in [0.5, 0.6) is 0 Å². The van der Waals surface area contributed by atoms with Crippen LogP contribution in [0.15, 0.2) is 38.8 Å². The molecule has 0 saturated heterocycles. The molecule has 0 saturated carbocycles. The molecular weight excluding hydrogens is 376 g/mol. The first-order valence-electron chi connectivity index (χ1n) is 7.66. The summed E-state index contributed by atoms with van der Waals surface area (Å²) in [5.74, 6) is 1.41. The van der Waals surface area contributed by atoms with Crippen LogP contribution in [0.1, 0.15) is 11.5 Å². The number of hydrogen-bond donors (Lipinski definition) is 2. The largest absolute Gasteiger partial charge is 0.443 e. The molecule has 2 N–H and O–H groups in total. The van der Waals surface area contributed by atoms with Gasteiger partial charge in [0.05, 0.1) is 28.6 Å². The van der Waals surface area contributed by atoms with Gasteiger partial charge < -0.3 is 19.6 Å². The van der Waals surface area contributed by atoms with Gasteiger partial charge >= 0.3 is 0 Å². The summed E-state index contributed by atoms with van der Waals surface area (Å²) in [4.78, 5) is 28.8. The zero-order chi connectivity index (χ0) is 18.4. The van der Waals surface area contributed by atoms with E-state index in [4.69, 9.17) is 8.94 Å². The number of amides is 2. The van der Waals surface area contributed by atoms with Crippen LogP contribution < -0.4 is 10.6 Å². The SMILES string of the molecule is Cc1cc(NC(=O)CSCC(=O)NCc2coc(-c3cccs3)n2)no1. The van der Waals surface area contributed by atoms with Crippen LogP contribution in [0.25, 0.3) is 10.8 Å². The number of anilines is 1. The predicted octanol–water partition coefficient (Wildman–Crippen LogP) is 2.69. The normalized spacial score (nSPS) is 10.7. The van der Waals surface area contributed by atoms with Crippen molar-refractivity contribution in [2.75, 3.05) is 16.8 Å². The van der Waals surface area contributed by atoms with Crippen molar-refractivity contribution in [3.05, 3.63) is 41.3 Å². The molecule has 0 radical (unpaired) electrons. The molecule has 3 aromatic rings. The Morgan fingerprint density at radius 2 is 2.15 bits per heavy atom. The molecule has 3 aromatic heterocycles. The molecule has 0 aromatic carbocycles. The van der Waals surface area contributed by atoms with E-state index in [0.717, 1.165) is 4.88 Å². The molecule has 136 valence electrons. The fourth-order valence-corrected chi connectivity index (χ4v) is 3.28. The monoisotopic (exact) mass is 392 g/mol. The van der Waals surface area contributed by atoms with Crippen LogP contribution in [-0.4, -0.2) is 33.5 Å². The van der Waals surface area contributed by atoms with Crippen molar-refractivity contribution >= 4 is 40.7 Å². The van der Waals surface area contributed by atoms with Gasteiger partial charge in [0.25, 0.3) is 0 Å². The molecule has 10 heteroatoms. The first kappa shape index (κ1) is 18.2. The van der Waals surface area contributed by atoms with Gasteiger partial charge in [-0.1, -0.05) is 11.2 Å². The van der Waals surface area contributed by atoms with Gasteiger partial charge in [-0.3, -0.25) is 9.59 Å². The highest BCUT2D eigenvalue weighted by atomic mass is 32.2. The number of nitrogens with one attached hydrogen (secondary N) is 2. The van der Waals surface area contributed by atoms with E-state index < -0.39 is 0 Å². The van der Waals surface area contributed by atoms with Crippen molar-refractivity contribution in [1.82, 2.24) is 15.5 Å². The van der Waals surface area contributed by atoms with Crippen LogP contribution in [0.2, 0.25) is 0 Å². The minimum absolute atomic E-state index is 0.145. The third kappa shape index (κ3) is 5.20. The fourth-order valence-electron chi connectivity index (χ4n) is 1.98. The first-order chi connectivity index (χ1) is 12.6. The molecule has 0 aliphatic carbocycles. The molecule has 0 aliphatic rings. The van der Waals surface area contributed by atoms with Crippen molar-refractivity contribution in [3.63, 3.8) is 0 Å². The maximum Gasteiger partial charge on any atom is 0.236 e. The Morgan fingerprint density at radius 3 is 2.88 bits per heavy atom. The summed E-state index contributed by atoms with van der Waals surface area (Å²) in [7, 11) is 0. The molecule has 3 heterocycles. The van der Waals surface area contributed by atoms with Gasteiger partial charge in [0.15, 0.2) is 5.82 Å². The van der Waals surface area contributed by atoms with E-state index >= 15 is 0 Å². The Labute approximate surface area is 157 Å². The Hall–Kier alpha value is -2.59. The van der Waals surface area contributed by atoms with Gasteiger partial charge in [-0.05, 0) is 18.4 Å². The van der Waals surface area contributed by atoms with E-state index in [1.165, 1.54) is 29.4 Å². The number of thiophene rings is 1. The van der Waals surface area contributed by atoms with E-state index in [9.17, 15) is 9.59 Å². The summed E-state index contributed by atoms with van der Waals surface area (Å²) in [5, 5.41) is 11.0. The van der Waals surface area contributed by atoms with E-state index in [2.05, 4.69) is 20.8 Å². The van der Waals surface area contributed by atoms with Gasteiger partial charge in [0.2, 0.25) is 17.7 Å². The first-order valence-corrected chi connectivity index (χ1v) is 9.69. The number of rotatable bonds is 8. The highest BCUT2D eigenvalue weighted by Crippen LogP contribution is 2.23. The smallest absolute Gasteiger partial charge is 0.236 e. The number of nitrogens with zero attached hydrogens (tertiary/aromatic N) is 2. The van der Waals surface area contributed by atoms with E-state index in [1.54, 1.807) is 13.0 Å². The van der Waals surface area contributed by atoms with Gasteiger partial charge in [0, 0.05) is 6.07 Å². The Kier molecular flexibility index (Phi) is 6.08. The van der Waals surface area contributed by atoms with Gasteiger partial charge in [-0.15, -0.1) is 23.1 Å². The second-order valence-electron chi connectivity index (χ2n) is 5.26. The predicted molar refractivity (Wildman–Crippen MR) is 98.9 cm³/mol. The van der Waals surface area contributed by atoms with Crippen LogP contribution in [0.4, 0.5) is 5.82 Å². The quantitative estimate of drug-likeness (QED) is 0.606. The molecule has 0 fully saturated rings. The second-order valence-corrected chi connectivity index (χ2v) is 7.20. The van der Waals surface area contributed by atoms with E-state index in [0.29, 0.717) is 23.2 Å². The topological polar surface area (TPSA) is 110 Å². The number of oxazole rings is 1. The molecule has 3 rings (SSSR count). The lowest BCUT2D eigenvalue weighted by Crippen LogP contribution is -2.25. The molecule has 0 atom stereocenters. The van der Waals surface area contributed by atoms with Crippen LogP contribution in [-0.2, 0) is 16.1 Å². The maximum absolute atomic E-state index is 11.8. The summed E-state index contributed by atoms with van der Waals surface area (Å²) in [6.07, 6.45) is 1.52. The highest BCUT2D eigenvalue weighted by molar-refractivity contribution is 8.00. The average molecular weight is 392 g/mol. The molecule has 0 aliphatic heterocycles. The zero-order valence-electron chi connectivity index (χ0n) is 13.9. The van der Waals surface area contributed by atoms with Crippen molar-refractivity contribution in [2.45, 2.75) is 13.5 Å². The number of hydrogen-bond acceptors (Lipinski definition) is 8. The lowest BCUT2D eigenvalue weighted by molar-refractivity contribution is -0.118. The number of carbonyl (C=O) groups is 2. The van der Waals surface area contributed by atoms with Crippen molar-refractivity contribution in [3.8, 4) is 10.8 Å². The second kappa shape index (κ2) is 8.68. The minimum Gasteiger partial charge on any atom is -0.443 e. The maximum atomic E-state index is 11.8. The van der Waals surface area contributed by atoms with Gasteiger partial charge in [0.1, 0.15) is 12.0 Å². The third-order valence-corrected chi connectivity index (χ3v) is 4.90. The molecule has 0 bridgehead atoms. The lowest BCUT2D eigenvalue weighted by atomic mass is 10.4. The van der Waals surface area contributed by atoms with Crippen molar-refractivity contribution in [1.29, 1.82) is 0 Å². The Bertz CT molecular complexity index is 873. The van der Waals surface area contributed by atoms with Crippen LogP contribution in [0.3, 0.4) is 0 Å². The Morgan fingerprint density at radius 1 is 1.31 bits per heavy atom. The highest BCUT2D eigenvalue weighted by Gasteiger charge is 2.10. The van der Waals surface area contributed by atoms with Crippen LogP contribution >= 0.6 is 23.1 Å². The Balaban J connectivity index is 1.35. The molecular formula is C16H16N4O4S2. The fraction of sp³-hybridized carbons (Fsp3) is 0.250. The molecule has 26 heavy (non-hydrogen) atoms. The minimum atomic E-state index is -0.242. The lowest BCUT2D eigenvalue weighted by Gasteiger charge is -2.03. The summed E-state index contributed by atoms with van der Waals surface area (Å²) in [5.41, 5.74) is 0.644. The molecule has 2 amide bonds. The summed E-state index contributed by atoms with van der Waals surface area (Å²) >= 11 is 2.74. The van der Waals surface area contributed by atoms with Gasteiger partial charge in [-0.25, -0.2) is 4.98 Å². The van der Waals surface area contributed by atoms with E-state index in [-0.39, 0.29) is 29.9 Å².